The second kappa shape index (κ2) is 5.68. The number of halogens is 2. The van der Waals surface area contributed by atoms with E-state index < -0.39 is 33.5 Å². The minimum Gasteiger partial charge on any atom is -0.388 e. The Morgan fingerprint density at radius 3 is 2.65 bits per heavy atom. The van der Waals surface area contributed by atoms with Gasteiger partial charge in [0.2, 0.25) is 0 Å². The van der Waals surface area contributed by atoms with Gasteiger partial charge in [0.25, 0.3) is 5.69 Å². The van der Waals surface area contributed by atoms with E-state index in [1.807, 2.05) is 0 Å². The van der Waals surface area contributed by atoms with Crippen molar-refractivity contribution in [3.05, 3.63) is 33.9 Å². The lowest BCUT2D eigenvalue weighted by atomic mass is 9.94. The van der Waals surface area contributed by atoms with Crippen LogP contribution >= 0.6 is 0 Å². The Kier molecular flexibility index (Phi) is 4.15. The molecule has 2 rings (SSSR count). The minimum absolute atomic E-state index is 0.114. The van der Waals surface area contributed by atoms with Gasteiger partial charge in [-0.25, -0.2) is 8.78 Å². The van der Waals surface area contributed by atoms with Crippen molar-refractivity contribution in [2.24, 2.45) is 0 Å². The van der Waals surface area contributed by atoms with E-state index in [0.29, 0.717) is 32.1 Å². The molecule has 0 amide bonds. The number of hydrogen-bond acceptors (Lipinski definition) is 5. The lowest BCUT2D eigenvalue weighted by molar-refractivity contribution is -0.384. The summed E-state index contributed by atoms with van der Waals surface area (Å²) in [5.41, 5.74) is -2.26. The molecule has 2 N–H and O–H groups in total. The predicted octanol–water partition coefficient (Wildman–Crippen LogP) is 1.83. The highest BCUT2D eigenvalue weighted by Gasteiger charge is 2.31. The number of nitro benzene ring substituents is 1. The zero-order chi connectivity index (χ0) is 14.8. The number of nitrogens with one attached hydrogen (secondary N) is 1. The molecule has 0 aliphatic carbocycles. The van der Waals surface area contributed by atoms with E-state index in [1.165, 1.54) is 0 Å². The summed E-state index contributed by atoms with van der Waals surface area (Å²) in [4.78, 5) is 10.0. The Hall–Kier alpha value is -1.80. The molecular formula is C12H14F2N2O4. The molecule has 20 heavy (non-hydrogen) atoms. The van der Waals surface area contributed by atoms with Crippen molar-refractivity contribution in [1.29, 1.82) is 0 Å². The van der Waals surface area contributed by atoms with Crippen LogP contribution in [0.15, 0.2) is 12.1 Å². The second-order valence-electron chi connectivity index (χ2n) is 4.70. The maximum absolute atomic E-state index is 13.7. The number of ether oxygens (including phenoxy) is 1. The zero-order valence-electron chi connectivity index (χ0n) is 10.6. The molecule has 0 spiro atoms. The van der Waals surface area contributed by atoms with E-state index in [2.05, 4.69) is 5.32 Å². The molecule has 1 fully saturated rings. The van der Waals surface area contributed by atoms with Gasteiger partial charge in [0, 0.05) is 38.7 Å². The van der Waals surface area contributed by atoms with Crippen LogP contribution in [0.25, 0.3) is 0 Å². The molecular weight excluding hydrogens is 274 g/mol. The number of anilines is 1. The van der Waals surface area contributed by atoms with Gasteiger partial charge in [-0.2, -0.15) is 0 Å². The fourth-order valence-corrected chi connectivity index (χ4v) is 2.04. The van der Waals surface area contributed by atoms with Crippen molar-refractivity contribution < 1.29 is 23.5 Å². The first-order valence-corrected chi connectivity index (χ1v) is 6.09. The number of rotatable bonds is 4. The van der Waals surface area contributed by atoms with E-state index in [1.54, 1.807) is 0 Å². The first kappa shape index (κ1) is 14.6. The highest BCUT2D eigenvalue weighted by Crippen LogP contribution is 2.30. The van der Waals surface area contributed by atoms with Crippen molar-refractivity contribution >= 4 is 11.4 Å². The monoisotopic (exact) mass is 288 g/mol. The number of hydrogen-bond donors (Lipinski definition) is 2. The Balaban J connectivity index is 2.20. The average molecular weight is 288 g/mol. The number of benzene rings is 1. The van der Waals surface area contributed by atoms with Gasteiger partial charge >= 0.3 is 0 Å². The Morgan fingerprint density at radius 2 is 2.05 bits per heavy atom. The molecule has 6 nitrogen and oxygen atoms in total. The van der Waals surface area contributed by atoms with Gasteiger partial charge in [0.05, 0.1) is 10.5 Å². The van der Waals surface area contributed by atoms with Crippen LogP contribution in [0.1, 0.15) is 12.8 Å². The smallest absolute Gasteiger partial charge is 0.295 e. The predicted molar refractivity (Wildman–Crippen MR) is 66.5 cm³/mol. The van der Waals surface area contributed by atoms with Gasteiger partial charge in [-0.05, 0) is 6.07 Å². The van der Waals surface area contributed by atoms with E-state index in [0.717, 1.165) is 6.07 Å². The summed E-state index contributed by atoms with van der Waals surface area (Å²) in [6, 6.07) is 1.58. The second-order valence-corrected chi connectivity index (χ2v) is 4.70. The highest BCUT2D eigenvalue weighted by molar-refractivity contribution is 5.62. The average Bonchev–Trinajstić information content (AvgIpc) is 2.41. The van der Waals surface area contributed by atoms with E-state index in [4.69, 9.17) is 4.74 Å². The minimum atomic E-state index is -1.32. The third-order valence-electron chi connectivity index (χ3n) is 3.29. The summed E-state index contributed by atoms with van der Waals surface area (Å²) < 4.78 is 31.9. The molecule has 1 aliphatic heterocycles. The van der Waals surface area contributed by atoms with Gasteiger partial charge in [-0.3, -0.25) is 10.1 Å². The number of nitrogens with zero attached hydrogens (tertiary/aromatic N) is 1. The standard InChI is InChI=1S/C12H14F2N2O4/c13-8-1-2-9(16(18)19)11(10(8)14)15-7-12(17)3-5-20-6-4-12/h1-2,15,17H,3-7H2. The van der Waals surface area contributed by atoms with E-state index in [-0.39, 0.29) is 6.54 Å². The largest absolute Gasteiger partial charge is 0.388 e. The number of aliphatic hydroxyl groups is 1. The summed E-state index contributed by atoms with van der Waals surface area (Å²) in [5, 5.41) is 23.5. The summed E-state index contributed by atoms with van der Waals surface area (Å²) in [6.07, 6.45) is 0.648. The van der Waals surface area contributed by atoms with Gasteiger partial charge in [0.1, 0.15) is 0 Å². The lowest BCUT2D eigenvalue weighted by Crippen LogP contribution is -2.42. The molecule has 1 aliphatic rings. The van der Waals surface area contributed by atoms with Crippen molar-refractivity contribution in [2.45, 2.75) is 18.4 Å². The van der Waals surface area contributed by atoms with Crippen molar-refractivity contribution in [1.82, 2.24) is 0 Å². The molecule has 1 aromatic rings. The number of nitro groups is 1. The molecule has 8 heteroatoms. The van der Waals surface area contributed by atoms with Crippen LogP contribution in [0.3, 0.4) is 0 Å². The van der Waals surface area contributed by atoms with Crippen LogP contribution in [-0.4, -0.2) is 35.4 Å². The SMILES string of the molecule is O=[N+]([O-])c1ccc(F)c(F)c1NCC1(O)CCOCC1. The first-order valence-electron chi connectivity index (χ1n) is 6.09. The quantitative estimate of drug-likeness (QED) is 0.652. The third-order valence-corrected chi connectivity index (χ3v) is 3.29. The Bertz CT molecular complexity index is 518. The normalized spacial score (nSPS) is 17.8. The molecule has 0 aromatic heterocycles. The van der Waals surface area contributed by atoms with Crippen LogP contribution in [0.5, 0.6) is 0 Å². The van der Waals surface area contributed by atoms with Gasteiger partial charge in [0.15, 0.2) is 17.3 Å². The van der Waals surface area contributed by atoms with Crippen molar-refractivity contribution in [2.75, 3.05) is 25.1 Å². The van der Waals surface area contributed by atoms with Crippen LogP contribution in [-0.2, 0) is 4.74 Å². The molecule has 1 saturated heterocycles. The first-order chi connectivity index (χ1) is 9.43. The molecule has 0 unspecified atom stereocenters. The lowest BCUT2D eigenvalue weighted by Gasteiger charge is -2.32. The molecule has 1 heterocycles. The van der Waals surface area contributed by atoms with Crippen LogP contribution in [0.4, 0.5) is 20.2 Å². The maximum Gasteiger partial charge on any atom is 0.295 e. The fraction of sp³-hybridized carbons (Fsp3) is 0.500. The van der Waals surface area contributed by atoms with Crippen LogP contribution in [0.2, 0.25) is 0 Å². The Morgan fingerprint density at radius 1 is 1.40 bits per heavy atom. The van der Waals surface area contributed by atoms with Crippen LogP contribution < -0.4 is 5.32 Å². The highest BCUT2D eigenvalue weighted by atomic mass is 19.2. The third kappa shape index (κ3) is 3.02. The molecule has 0 bridgehead atoms. The molecule has 0 atom stereocenters. The fourth-order valence-electron chi connectivity index (χ4n) is 2.04. The topological polar surface area (TPSA) is 84.6 Å². The molecule has 110 valence electrons. The summed E-state index contributed by atoms with van der Waals surface area (Å²) in [5.74, 6) is -2.51. The van der Waals surface area contributed by atoms with Gasteiger partial charge < -0.3 is 15.2 Å². The molecule has 0 saturated carbocycles. The van der Waals surface area contributed by atoms with Crippen LogP contribution in [0, 0.1) is 21.7 Å². The van der Waals surface area contributed by atoms with E-state index in [9.17, 15) is 24.0 Å². The van der Waals surface area contributed by atoms with Crippen molar-refractivity contribution in [3.8, 4) is 0 Å². The summed E-state index contributed by atoms with van der Waals surface area (Å²) in [7, 11) is 0. The summed E-state index contributed by atoms with van der Waals surface area (Å²) in [6.45, 7) is 0.593. The van der Waals surface area contributed by atoms with Gasteiger partial charge in [-0.15, -0.1) is 0 Å². The van der Waals surface area contributed by atoms with Gasteiger partial charge in [-0.1, -0.05) is 0 Å². The molecule has 0 radical (unpaired) electrons. The van der Waals surface area contributed by atoms with E-state index >= 15 is 0 Å². The molecule has 1 aromatic carbocycles. The maximum atomic E-state index is 13.7. The van der Waals surface area contributed by atoms with Crippen molar-refractivity contribution in [3.63, 3.8) is 0 Å². The zero-order valence-corrected chi connectivity index (χ0v) is 10.6. The summed E-state index contributed by atoms with van der Waals surface area (Å²) >= 11 is 0. The Labute approximate surface area is 113 Å².